The van der Waals surface area contributed by atoms with Crippen LogP contribution < -0.4 is 10.6 Å². The molecule has 0 unspecified atom stereocenters. The molecule has 0 bridgehead atoms. The van der Waals surface area contributed by atoms with Gasteiger partial charge in [0.1, 0.15) is 0 Å². The minimum Gasteiger partial charge on any atom is -0.351 e. The van der Waals surface area contributed by atoms with E-state index < -0.39 is 5.41 Å². The monoisotopic (exact) mass is 379 g/mol. The van der Waals surface area contributed by atoms with E-state index in [9.17, 15) is 9.59 Å². The zero-order valence-electron chi connectivity index (χ0n) is 16.9. The van der Waals surface area contributed by atoms with Crippen molar-refractivity contribution in [3.8, 4) is 0 Å². The van der Waals surface area contributed by atoms with Crippen molar-refractivity contribution in [2.24, 2.45) is 5.41 Å². The highest BCUT2D eigenvalue weighted by Gasteiger charge is 2.39. The molecule has 28 heavy (non-hydrogen) atoms. The van der Waals surface area contributed by atoms with Gasteiger partial charge in [-0.15, -0.1) is 0 Å². The Hall–Kier alpha value is -2.82. The van der Waals surface area contributed by atoms with E-state index in [1.807, 2.05) is 69.3 Å². The van der Waals surface area contributed by atoms with Gasteiger partial charge in [0.15, 0.2) is 0 Å². The van der Waals surface area contributed by atoms with Crippen molar-refractivity contribution in [2.45, 2.75) is 40.2 Å². The molecule has 0 radical (unpaired) electrons. The second-order valence-electron chi connectivity index (χ2n) is 8.05. The lowest BCUT2D eigenvalue weighted by Crippen LogP contribution is -2.52. The van der Waals surface area contributed by atoms with Crippen molar-refractivity contribution in [1.82, 2.24) is 10.2 Å². The number of benzene rings is 2. The molecule has 5 heteroatoms. The predicted molar refractivity (Wildman–Crippen MR) is 112 cm³/mol. The quantitative estimate of drug-likeness (QED) is 0.834. The van der Waals surface area contributed by atoms with Crippen LogP contribution in [0, 0.1) is 19.3 Å². The van der Waals surface area contributed by atoms with E-state index >= 15 is 0 Å². The second-order valence-corrected chi connectivity index (χ2v) is 8.05. The fourth-order valence-electron chi connectivity index (χ4n) is 3.54. The normalized spacial score (nSPS) is 19.2. The molecule has 1 aliphatic rings. The fraction of sp³-hybridized carbons (Fsp3) is 0.391. The number of aryl methyl sites for hydroxylation is 2. The van der Waals surface area contributed by atoms with Gasteiger partial charge in [-0.3, -0.25) is 4.79 Å². The van der Waals surface area contributed by atoms with Gasteiger partial charge in [0, 0.05) is 25.3 Å². The highest BCUT2D eigenvalue weighted by Crippen LogP contribution is 2.30. The van der Waals surface area contributed by atoms with E-state index in [1.54, 1.807) is 4.90 Å². The van der Waals surface area contributed by atoms with E-state index in [0.29, 0.717) is 19.6 Å². The zero-order chi connectivity index (χ0) is 20.1. The summed E-state index contributed by atoms with van der Waals surface area (Å²) in [6, 6.07) is 15.7. The number of urea groups is 1. The average Bonchev–Trinajstić information content (AvgIpc) is 2.69. The van der Waals surface area contributed by atoms with E-state index in [4.69, 9.17) is 0 Å². The smallest absolute Gasteiger partial charge is 0.321 e. The van der Waals surface area contributed by atoms with Crippen LogP contribution in [-0.2, 0) is 11.3 Å². The molecular weight excluding hydrogens is 350 g/mol. The molecule has 2 aromatic rings. The standard InChI is InChI=1S/C23H29N3O2/c1-17-5-9-19(10-6-17)15-24-21(27)23(3)13-4-14-26(16-23)22(28)25-20-11-7-18(2)8-12-20/h5-12H,4,13-16H2,1-3H3,(H,24,27)(H,25,28)/t23-/m1/s1. The van der Waals surface area contributed by atoms with Crippen molar-refractivity contribution in [3.05, 3.63) is 65.2 Å². The maximum atomic E-state index is 12.9. The molecule has 1 saturated heterocycles. The first-order chi connectivity index (χ1) is 13.4. The largest absolute Gasteiger partial charge is 0.351 e. The Balaban J connectivity index is 1.58. The summed E-state index contributed by atoms with van der Waals surface area (Å²) >= 11 is 0. The fourth-order valence-corrected chi connectivity index (χ4v) is 3.54. The topological polar surface area (TPSA) is 61.4 Å². The third-order valence-corrected chi connectivity index (χ3v) is 5.41. The predicted octanol–water partition coefficient (Wildman–Crippen LogP) is 4.25. The summed E-state index contributed by atoms with van der Waals surface area (Å²) < 4.78 is 0. The number of rotatable bonds is 4. The highest BCUT2D eigenvalue weighted by atomic mass is 16.2. The SMILES string of the molecule is Cc1ccc(CNC(=O)[C@]2(C)CCCN(C(=O)Nc3ccc(C)cc3)C2)cc1. The van der Waals surface area contributed by atoms with E-state index in [0.717, 1.165) is 29.7 Å². The summed E-state index contributed by atoms with van der Waals surface area (Å²) in [4.78, 5) is 27.3. The van der Waals surface area contributed by atoms with Crippen molar-refractivity contribution < 1.29 is 9.59 Å². The van der Waals surface area contributed by atoms with Crippen molar-refractivity contribution in [1.29, 1.82) is 0 Å². The van der Waals surface area contributed by atoms with Crippen LogP contribution in [0.4, 0.5) is 10.5 Å². The van der Waals surface area contributed by atoms with Gasteiger partial charge in [-0.1, -0.05) is 47.5 Å². The molecule has 0 spiro atoms. The van der Waals surface area contributed by atoms with Gasteiger partial charge in [0.25, 0.3) is 0 Å². The Morgan fingerprint density at radius 1 is 1.00 bits per heavy atom. The van der Waals surface area contributed by atoms with E-state index in [1.165, 1.54) is 5.56 Å². The molecule has 1 fully saturated rings. The zero-order valence-corrected chi connectivity index (χ0v) is 16.9. The number of nitrogens with one attached hydrogen (secondary N) is 2. The minimum absolute atomic E-state index is 0.000843. The van der Waals surface area contributed by atoms with Crippen LogP contribution in [0.15, 0.2) is 48.5 Å². The summed E-state index contributed by atoms with van der Waals surface area (Å²) in [6.45, 7) is 7.59. The van der Waals surface area contributed by atoms with Crippen LogP contribution in [0.25, 0.3) is 0 Å². The van der Waals surface area contributed by atoms with Crippen LogP contribution in [-0.4, -0.2) is 29.9 Å². The molecule has 1 heterocycles. The average molecular weight is 380 g/mol. The Morgan fingerprint density at radius 3 is 2.25 bits per heavy atom. The number of hydrogen-bond donors (Lipinski definition) is 2. The van der Waals surface area contributed by atoms with Gasteiger partial charge in [0.2, 0.25) is 5.91 Å². The lowest BCUT2D eigenvalue weighted by Gasteiger charge is -2.39. The first kappa shape index (κ1) is 19.9. The second kappa shape index (κ2) is 8.46. The van der Waals surface area contributed by atoms with Gasteiger partial charge >= 0.3 is 6.03 Å². The van der Waals surface area contributed by atoms with Gasteiger partial charge in [0.05, 0.1) is 5.41 Å². The molecule has 148 valence electrons. The highest BCUT2D eigenvalue weighted by molar-refractivity contribution is 5.90. The summed E-state index contributed by atoms with van der Waals surface area (Å²) in [5, 5.41) is 5.98. The Morgan fingerprint density at radius 2 is 1.61 bits per heavy atom. The van der Waals surface area contributed by atoms with E-state index in [-0.39, 0.29) is 11.9 Å². The molecule has 0 aliphatic carbocycles. The van der Waals surface area contributed by atoms with Gasteiger partial charge in [-0.2, -0.15) is 0 Å². The lowest BCUT2D eigenvalue weighted by atomic mass is 9.81. The van der Waals surface area contributed by atoms with E-state index in [2.05, 4.69) is 10.6 Å². The molecule has 1 aliphatic heterocycles. The number of piperidine rings is 1. The molecular formula is C23H29N3O2. The molecule has 2 N–H and O–H groups in total. The van der Waals surface area contributed by atoms with Gasteiger partial charge < -0.3 is 15.5 Å². The first-order valence-electron chi connectivity index (χ1n) is 9.82. The molecule has 1 atom stereocenters. The van der Waals surface area contributed by atoms with Gasteiger partial charge in [-0.05, 0) is 51.3 Å². The first-order valence-corrected chi connectivity index (χ1v) is 9.82. The molecule has 5 nitrogen and oxygen atoms in total. The van der Waals surface area contributed by atoms with Crippen molar-refractivity contribution in [2.75, 3.05) is 18.4 Å². The van der Waals surface area contributed by atoms with Crippen molar-refractivity contribution >= 4 is 17.6 Å². The third-order valence-electron chi connectivity index (χ3n) is 5.41. The number of carbonyl (C=O) groups is 2. The molecule has 2 aromatic carbocycles. The maximum absolute atomic E-state index is 12.9. The number of amides is 3. The molecule has 0 saturated carbocycles. The number of nitrogens with zero attached hydrogens (tertiary/aromatic N) is 1. The summed E-state index contributed by atoms with van der Waals surface area (Å²) in [7, 11) is 0. The van der Waals surface area contributed by atoms with Gasteiger partial charge in [-0.25, -0.2) is 4.79 Å². The summed E-state index contributed by atoms with van der Waals surface area (Å²) in [5.74, 6) is 0.000843. The molecule has 3 rings (SSSR count). The Bertz CT molecular complexity index is 830. The van der Waals surface area contributed by atoms with Crippen LogP contribution in [0.3, 0.4) is 0 Å². The van der Waals surface area contributed by atoms with Crippen LogP contribution in [0.1, 0.15) is 36.5 Å². The number of anilines is 1. The minimum atomic E-state index is -0.576. The third kappa shape index (κ3) is 4.91. The maximum Gasteiger partial charge on any atom is 0.321 e. The molecule has 3 amide bonds. The summed E-state index contributed by atoms with van der Waals surface area (Å²) in [6.07, 6.45) is 1.59. The Labute approximate surface area is 167 Å². The van der Waals surface area contributed by atoms with Crippen LogP contribution in [0.2, 0.25) is 0 Å². The number of carbonyl (C=O) groups excluding carboxylic acids is 2. The lowest BCUT2D eigenvalue weighted by molar-refractivity contribution is -0.132. The van der Waals surface area contributed by atoms with Crippen LogP contribution in [0.5, 0.6) is 0 Å². The number of likely N-dealkylation sites (tertiary alicyclic amines) is 1. The molecule has 0 aromatic heterocycles. The Kier molecular flexibility index (Phi) is 6.02. The van der Waals surface area contributed by atoms with Crippen molar-refractivity contribution in [3.63, 3.8) is 0 Å². The number of hydrogen-bond acceptors (Lipinski definition) is 2. The summed E-state index contributed by atoms with van der Waals surface area (Å²) in [5.41, 5.74) is 3.62. The van der Waals surface area contributed by atoms with Crippen LogP contribution >= 0.6 is 0 Å².